The van der Waals surface area contributed by atoms with Crippen LogP contribution in [0.25, 0.3) is 22.4 Å². The van der Waals surface area contributed by atoms with Crippen molar-refractivity contribution >= 4 is 17.1 Å². The van der Waals surface area contributed by atoms with Gasteiger partial charge in [0.2, 0.25) is 5.95 Å². The molecule has 1 saturated heterocycles. The summed E-state index contributed by atoms with van der Waals surface area (Å²) in [4.78, 5) is 20.7. The second kappa shape index (κ2) is 8.41. The second-order valence-electron chi connectivity index (χ2n) is 8.95. The Kier molecular flexibility index (Phi) is 5.23. The minimum atomic E-state index is -1.50. The third-order valence-corrected chi connectivity index (χ3v) is 6.77. The highest BCUT2D eigenvalue weighted by Crippen LogP contribution is 2.31. The fourth-order valence-electron chi connectivity index (χ4n) is 4.75. The predicted octanol–water partition coefficient (Wildman–Crippen LogP) is 3.31. The van der Waals surface area contributed by atoms with E-state index in [-0.39, 0.29) is 18.9 Å². The third kappa shape index (κ3) is 3.70. The lowest BCUT2D eigenvalue weighted by Crippen LogP contribution is -2.44. The molecule has 4 aromatic rings. The van der Waals surface area contributed by atoms with Gasteiger partial charge in [0.25, 0.3) is 0 Å². The average Bonchev–Trinajstić information content (AvgIpc) is 3.28. The zero-order chi connectivity index (χ0) is 23.1. The van der Waals surface area contributed by atoms with Crippen molar-refractivity contribution in [1.29, 1.82) is 0 Å². The number of aliphatic hydroxyl groups is 1. The van der Waals surface area contributed by atoms with Gasteiger partial charge in [-0.2, -0.15) is 0 Å². The first-order chi connectivity index (χ1) is 16.6. The van der Waals surface area contributed by atoms with Crippen molar-refractivity contribution in [2.75, 3.05) is 31.2 Å². The molecule has 2 aliphatic heterocycles. The van der Waals surface area contributed by atoms with E-state index < -0.39 is 12.3 Å². The van der Waals surface area contributed by atoms with Crippen LogP contribution in [0.4, 0.5) is 10.3 Å². The van der Waals surface area contributed by atoms with Gasteiger partial charge in [0.05, 0.1) is 24.9 Å². The number of nitrogens with zero attached hydrogens (tertiary/aromatic N) is 6. The van der Waals surface area contributed by atoms with Crippen molar-refractivity contribution in [2.45, 2.75) is 31.2 Å². The average molecular weight is 461 g/mol. The molecule has 8 nitrogen and oxygen atoms in total. The van der Waals surface area contributed by atoms with E-state index in [4.69, 9.17) is 14.7 Å². The fourth-order valence-corrected chi connectivity index (χ4v) is 4.75. The highest BCUT2D eigenvalue weighted by molar-refractivity contribution is 5.76. The Labute approximate surface area is 196 Å². The van der Waals surface area contributed by atoms with Gasteiger partial charge >= 0.3 is 0 Å². The van der Waals surface area contributed by atoms with Crippen LogP contribution in [-0.4, -0.2) is 61.6 Å². The van der Waals surface area contributed by atoms with Crippen LogP contribution in [0.1, 0.15) is 30.3 Å². The van der Waals surface area contributed by atoms with Crippen molar-refractivity contribution in [3.05, 3.63) is 66.2 Å². The molecule has 1 aromatic carbocycles. The molecular weight excluding hydrogens is 435 g/mol. The Bertz CT molecular complexity index is 1300. The lowest BCUT2D eigenvalue weighted by atomic mass is 9.94. The van der Waals surface area contributed by atoms with Crippen molar-refractivity contribution in [3.63, 3.8) is 0 Å². The zero-order valence-corrected chi connectivity index (χ0v) is 18.6. The van der Waals surface area contributed by atoms with E-state index in [1.54, 1.807) is 12.4 Å². The molecule has 0 spiro atoms. The van der Waals surface area contributed by atoms with Gasteiger partial charge in [0, 0.05) is 43.9 Å². The number of aromatic nitrogens is 5. The number of piperidine rings is 1. The Morgan fingerprint density at radius 1 is 1.03 bits per heavy atom. The van der Waals surface area contributed by atoms with E-state index >= 15 is 0 Å². The molecule has 6 rings (SSSR count). The summed E-state index contributed by atoms with van der Waals surface area (Å²) in [5, 5.41) is 9.24. The minimum Gasteiger partial charge on any atom is -0.393 e. The molecule has 9 heteroatoms. The van der Waals surface area contributed by atoms with E-state index in [9.17, 15) is 9.50 Å². The lowest BCUT2D eigenvalue weighted by molar-refractivity contribution is 0.0479. The molecule has 0 bridgehead atoms. The van der Waals surface area contributed by atoms with Crippen molar-refractivity contribution in [1.82, 2.24) is 24.5 Å². The summed E-state index contributed by atoms with van der Waals surface area (Å²) in [7, 11) is 0. The summed E-state index contributed by atoms with van der Waals surface area (Å²) in [5.41, 5.74) is 2.87. The molecule has 5 heterocycles. The number of benzene rings is 1. The maximum Gasteiger partial charge on any atom is 0.225 e. The Morgan fingerprint density at radius 3 is 2.53 bits per heavy atom. The number of imidazole rings is 1. The highest BCUT2D eigenvalue weighted by atomic mass is 19.1. The van der Waals surface area contributed by atoms with Crippen LogP contribution in [-0.2, 0) is 11.3 Å². The molecule has 0 aliphatic carbocycles. The number of anilines is 1. The van der Waals surface area contributed by atoms with Gasteiger partial charge in [-0.3, -0.25) is 0 Å². The molecule has 1 N–H and O–H groups in total. The van der Waals surface area contributed by atoms with Crippen LogP contribution in [0, 0.1) is 0 Å². The standard InChI is InChI=1S/C25H25FN6O2/c26-25(16-33)8-10-31(11-9-25)24-27-12-18(13-28-24)19-6-7-20-23(30-19)32-21(14-34-15-22(32)29-20)17-4-2-1-3-5-17/h1-7,12-13,21,33H,8-11,14-16H2. The minimum absolute atomic E-state index is 0.0111. The zero-order valence-electron chi connectivity index (χ0n) is 18.6. The predicted molar refractivity (Wildman–Crippen MR) is 125 cm³/mol. The largest absolute Gasteiger partial charge is 0.393 e. The second-order valence-corrected chi connectivity index (χ2v) is 8.95. The van der Waals surface area contributed by atoms with Crippen molar-refractivity contribution in [2.24, 2.45) is 0 Å². The first-order valence-electron chi connectivity index (χ1n) is 11.5. The number of hydrogen-bond donors (Lipinski definition) is 1. The molecular formula is C25H25FN6O2. The number of ether oxygens (including phenoxy) is 1. The SMILES string of the molecule is OCC1(F)CCN(c2ncc(-c3ccc4nc5n(c4n3)C(c3ccccc3)COC5)cn2)CC1. The monoisotopic (exact) mass is 460 g/mol. The van der Waals surface area contributed by atoms with Crippen LogP contribution in [0.2, 0.25) is 0 Å². The fraction of sp³-hybridized carbons (Fsp3) is 0.360. The van der Waals surface area contributed by atoms with E-state index in [2.05, 4.69) is 26.7 Å². The number of alkyl halides is 1. The van der Waals surface area contributed by atoms with Crippen LogP contribution < -0.4 is 4.90 Å². The first-order valence-corrected chi connectivity index (χ1v) is 11.5. The van der Waals surface area contributed by atoms with Gasteiger partial charge < -0.3 is 19.3 Å². The lowest BCUT2D eigenvalue weighted by Gasteiger charge is -2.35. The van der Waals surface area contributed by atoms with Gasteiger partial charge in [0.1, 0.15) is 23.6 Å². The van der Waals surface area contributed by atoms with E-state index in [0.29, 0.717) is 32.3 Å². The Morgan fingerprint density at radius 2 is 1.79 bits per heavy atom. The molecule has 3 aromatic heterocycles. The van der Waals surface area contributed by atoms with Crippen LogP contribution in [0.15, 0.2) is 54.9 Å². The number of pyridine rings is 1. The van der Waals surface area contributed by atoms with E-state index in [1.807, 2.05) is 35.2 Å². The molecule has 34 heavy (non-hydrogen) atoms. The van der Waals surface area contributed by atoms with Gasteiger partial charge in [-0.05, 0) is 17.7 Å². The number of rotatable bonds is 4. The summed E-state index contributed by atoms with van der Waals surface area (Å²) in [5.74, 6) is 1.43. The molecule has 0 amide bonds. The first kappa shape index (κ1) is 21.1. The Hall–Kier alpha value is -3.43. The van der Waals surface area contributed by atoms with Crippen LogP contribution in [0.5, 0.6) is 0 Å². The molecule has 1 atom stereocenters. The smallest absolute Gasteiger partial charge is 0.225 e. The van der Waals surface area contributed by atoms with Gasteiger partial charge in [-0.15, -0.1) is 0 Å². The number of halogens is 1. The third-order valence-electron chi connectivity index (χ3n) is 6.77. The highest BCUT2D eigenvalue weighted by Gasteiger charge is 2.34. The van der Waals surface area contributed by atoms with Crippen LogP contribution in [0.3, 0.4) is 0 Å². The van der Waals surface area contributed by atoms with Crippen molar-refractivity contribution in [3.8, 4) is 11.3 Å². The maximum atomic E-state index is 14.3. The molecule has 1 unspecified atom stereocenters. The number of fused-ring (bicyclic) bond motifs is 3. The Balaban J connectivity index is 1.30. The van der Waals surface area contributed by atoms with E-state index in [0.717, 1.165) is 33.8 Å². The molecule has 174 valence electrons. The molecule has 2 aliphatic rings. The van der Waals surface area contributed by atoms with Crippen molar-refractivity contribution < 1.29 is 14.2 Å². The molecule has 0 radical (unpaired) electrons. The van der Waals surface area contributed by atoms with Gasteiger partial charge in [0.15, 0.2) is 5.65 Å². The summed E-state index contributed by atoms with van der Waals surface area (Å²) in [6.45, 7) is 1.54. The summed E-state index contributed by atoms with van der Waals surface area (Å²) >= 11 is 0. The number of aliphatic hydroxyl groups excluding tert-OH is 1. The van der Waals surface area contributed by atoms with Gasteiger partial charge in [-0.1, -0.05) is 30.3 Å². The van der Waals surface area contributed by atoms with E-state index in [1.165, 1.54) is 0 Å². The molecule has 1 fully saturated rings. The normalized spacial score (nSPS) is 19.8. The summed E-state index contributed by atoms with van der Waals surface area (Å²) < 4.78 is 22.3. The molecule has 0 saturated carbocycles. The number of hydrogen-bond acceptors (Lipinski definition) is 7. The van der Waals surface area contributed by atoms with Gasteiger partial charge in [-0.25, -0.2) is 24.3 Å². The summed E-state index contributed by atoms with van der Waals surface area (Å²) in [6.07, 6.45) is 4.05. The quantitative estimate of drug-likeness (QED) is 0.500. The topological polar surface area (TPSA) is 89.2 Å². The summed E-state index contributed by atoms with van der Waals surface area (Å²) in [6, 6.07) is 14.2. The maximum absolute atomic E-state index is 14.3. The van der Waals surface area contributed by atoms with Crippen LogP contribution >= 0.6 is 0 Å².